The number of benzene rings is 1. The minimum absolute atomic E-state index is 0.175. The summed E-state index contributed by atoms with van der Waals surface area (Å²) in [6.07, 6.45) is 2.96. The Morgan fingerprint density at radius 3 is 2.73 bits per heavy atom. The molecule has 116 valence electrons. The van der Waals surface area contributed by atoms with Crippen molar-refractivity contribution >= 4 is 12.0 Å². The average Bonchev–Trinajstić information content (AvgIpc) is 2.90. The lowest BCUT2D eigenvalue weighted by Crippen LogP contribution is -2.23. The third-order valence-corrected chi connectivity index (χ3v) is 3.16. The van der Waals surface area contributed by atoms with Gasteiger partial charge in [-0.25, -0.2) is 4.39 Å². The van der Waals surface area contributed by atoms with Crippen molar-refractivity contribution in [2.24, 2.45) is 0 Å². The summed E-state index contributed by atoms with van der Waals surface area (Å²) in [6.45, 7) is 2.23. The first-order chi connectivity index (χ1) is 10.5. The Kier molecular flexibility index (Phi) is 4.99. The molecule has 0 radical (unpaired) electrons. The lowest BCUT2D eigenvalue weighted by atomic mass is 10.2. The number of hydrogen-bond acceptors (Lipinski definition) is 3. The number of rotatable bonds is 5. The van der Waals surface area contributed by atoms with Crippen molar-refractivity contribution in [1.82, 2.24) is 4.90 Å². The molecule has 0 unspecified atom stereocenters. The highest BCUT2D eigenvalue weighted by atomic mass is 19.1. The van der Waals surface area contributed by atoms with Crippen LogP contribution in [0.4, 0.5) is 4.39 Å². The Hall–Kier alpha value is -2.56. The summed E-state index contributed by atoms with van der Waals surface area (Å²) >= 11 is 0. The fourth-order valence-electron chi connectivity index (χ4n) is 1.96. The van der Waals surface area contributed by atoms with Gasteiger partial charge in [-0.3, -0.25) is 4.79 Å². The minimum Gasteiger partial charge on any atom is -0.494 e. The molecular weight excluding hydrogens is 285 g/mol. The summed E-state index contributed by atoms with van der Waals surface area (Å²) in [5.41, 5.74) is 0.592. The van der Waals surface area contributed by atoms with Gasteiger partial charge in [0.15, 0.2) is 11.6 Å². The predicted molar refractivity (Wildman–Crippen MR) is 81.9 cm³/mol. The van der Waals surface area contributed by atoms with Gasteiger partial charge in [0, 0.05) is 13.1 Å². The molecule has 0 spiro atoms. The molecule has 1 heterocycles. The molecule has 22 heavy (non-hydrogen) atoms. The third kappa shape index (κ3) is 3.97. The number of aryl methyl sites for hydroxylation is 1. The van der Waals surface area contributed by atoms with Crippen LogP contribution >= 0.6 is 0 Å². The number of ether oxygens (including phenoxy) is 1. The highest BCUT2D eigenvalue weighted by Gasteiger charge is 2.08. The van der Waals surface area contributed by atoms with E-state index in [4.69, 9.17) is 9.15 Å². The monoisotopic (exact) mass is 303 g/mol. The van der Waals surface area contributed by atoms with E-state index in [1.54, 1.807) is 19.2 Å². The Morgan fingerprint density at radius 1 is 1.36 bits per heavy atom. The molecule has 0 aliphatic heterocycles. The summed E-state index contributed by atoms with van der Waals surface area (Å²) in [7, 11) is 3.09. The fraction of sp³-hybridized carbons (Fsp3) is 0.235. The number of carbonyl (C=O) groups is 1. The van der Waals surface area contributed by atoms with Crippen molar-refractivity contribution in [2.75, 3.05) is 14.2 Å². The first-order valence-electron chi connectivity index (χ1n) is 6.81. The van der Waals surface area contributed by atoms with Gasteiger partial charge in [-0.15, -0.1) is 0 Å². The van der Waals surface area contributed by atoms with Crippen molar-refractivity contribution < 1.29 is 18.3 Å². The van der Waals surface area contributed by atoms with Crippen LogP contribution in [0, 0.1) is 12.7 Å². The van der Waals surface area contributed by atoms with Crippen LogP contribution in [-0.4, -0.2) is 25.0 Å². The highest BCUT2D eigenvalue weighted by molar-refractivity contribution is 5.91. The van der Waals surface area contributed by atoms with Crippen LogP contribution in [0.1, 0.15) is 17.1 Å². The van der Waals surface area contributed by atoms with Gasteiger partial charge in [-0.2, -0.15) is 0 Å². The second-order valence-electron chi connectivity index (χ2n) is 4.93. The quantitative estimate of drug-likeness (QED) is 0.795. The van der Waals surface area contributed by atoms with Crippen LogP contribution in [0.5, 0.6) is 5.75 Å². The molecule has 0 aliphatic carbocycles. The SMILES string of the molecule is COc1ccc(/C=C/C(=O)N(C)Cc2ccc(C)o2)cc1F. The molecule has 5 heteroatoms. The molecule has 0 bridgehead atoms. The van der Waals surface area contributed by atoms with E-state index < -0.39 is 5.82 Å². The first-order valence-corrected chi connectivity index (χ1v) is 6.81. The standard InChI is InChI=1S/C17H18FNO3/c1-12-4-7-14(22-12)11-19(2)17(20)9-6-13-5-8-16(21-3)15(18)10-13/h4-10H,11H2,1-3H3/b9-6+. The van der Waals surface area contributed by atoms with E-state index in [0.29, 0.717) is 12.1 Å². The van der Waals surface area contributed by atoms with Crippen LogP contribution in [-0.2, 0) is 11.3 Å². The molecule has 2 aromatic rings. The number of methoxy groups -OCH3 is 1. The van der Waals surface area contributed by atoms with E-state index >= 15 is 0 Å². The predicted octanol–water partition coefficient (Wildman–Crippen LogP) is 3.41. The van der Waals surface area contributed by atoms with Gasteiger partial charge in [0.25, 0.3) is 0 Å². The second-order valence-corrected chi connectivity index (χ2v) is 4.93. The number of nitrogens with zero attached hydrogens (tertiary/aromatic N) is 1. The van der Waals surface area contributed by atoms with Crippen LogP contribution in [0.25, 0.3) is 6.08 Å². The molecule has 4 nitrogen and oxygen atoms in total. The molecule has 0 saturated heterocycles. The van der Waals surface area contributed by atoms with Crippen molar-refractivity contribution in [2.45, 2.75) is 13.5 Å². The third-order valence-electron chi connectivity index (χ3n) is 3.16. The largest absolute Gasteiger partial charge is 0.494 e. The summed E-state index contributed by atoms with van der Waals surface area (Å²) in [6, 6.07) is 8.21. The average molecular weight is 303 g/mol. The zero-order valence-electron chi connectivity index (χ0n) is 12.8. The van der Waals surface area contributed by atoms with Crippen LogP contribution in [0.15, 0.2) is 40.8 Å². The summed E-state index contributed by atoms with van der Waals surface area (Å²) in [5, 5.41) is 0. The number of carbonyl (C=O) groups excluding carboxylic acids is 1. The van der Waals surface area contributed by atoms with Gasteiger partial charge in [0.2, 0.25) is 5.91 Å². The number of halogens is 1. The number of furan rings is 1. The molecule has 1 aromatic carbocycles. The zero-order chi connectivity index (χ0) is 16.1. The number of likely N-dealkylation sites (N-methyl/N-ethyl adjacent to an activating group) is 1. The van der Waals surface area contributed by atoms with Crippen molar-refractivity contribution in [3.63, 3.8) is 0 Å². The van der Waals surface area contributed by atoms with Crippen molar-refractivity contribution in [1.29, 1.82) is 0 Å². The molecular formula is C17H18FNO3. The van der Waals surface area contributed by atoms with E-state index in [0.717, 1.165) is 11.5 Å². The first kappa shape index (κ1) is 15.8. The topological polar surface area (TPSA) is 42.7 Å². The highest BCUT2D eigenvalue weighted by Crippen LogP contribution is 2.18. The normalized spacial score (nSPS) is 10.9. The maximum Gasteiger partial charge on any atom is 0.246 e. The van der Waals surface area contributed by atoms with Gasteiger partial charge in [0.1, 0.15) is 11.5 Å². The Bertz CT molecular complexity index is 691. The van der Waals surface area contributed by atoms with Gasteiger partial charge < -0.3 is 14.1 Å². The van der Waals surface area contributed by atoms with E-state index in [1.807, 2.05) is 19.1 Å². The zero-order valence-corrected chi connectivity index (χ0v) is 12.8. The van der Waals surface area contributed by atoms with E-state index in [1.165, 1.54) is 30.2 Å². The van der Waals surface area contributed by atoms with Gasteiger partial charge in [-0.1, -0.05) is 6.07 Å². The summed E-state index contributed by atoms with van der Waals surface area (Å²) in [5.74, 6) is 1.05. The molecule has 2 rings (SSSR count). The van der Waals surface area contributed by atoms with E-state index in [-0.39, 0.29) is 11.7 Å². The molecule has 0 N–H and O–H groups in total. The Balaban J connectivity index is 1.99. The summed E-state index contributed by atoms with van der Waals surface area (Å²) < 4.78 is 23.8. The lowest BCUT2D eigenvalue weighted by Gasteiger charge is -2.13. The van der Waals surface area contributed by atoms with E-state index in [9.17, 15) is 9.18 Å². The Morgan fingerprint density at radius 2 is 2.14 bits per heavy atom. The maximum absolute atomic E-state index is 13.6. The van der Waals surface area contributed by atoms with Crippen molar-refractivity contribution in [3.8, 4) is 5.75 Å². The minimum atomic E-state index is -0.462. The molecule has 0 atom stereocenters. The van der Waals surface area contributed by atoms with Crippen LogP contribution in [0.3, 0.4) is 0 Å². The molecule has 1 amide bonds. The van der Waals surface area contributed by atoms with E-state index in [2.05, 4.69) is 0 Å². The van der Waals surface area contributed by atoms with Gasteiger partial charge in [0.05, 0.1) is 13.7 Å². The molecule has 0 aliphatic rings. The van der Waals surface area contributed by atoms with Crippen LogP contribution in [0.2, 0.25) is 0 Å². The fourth-order valence-corrected chi connectivity index (χ4v) is 1.96. The molecule has 0 fully saturated rings. The van der Waals surface area contributed by atoms with Crippen LogP contribution < -0.4 is 4.74 Å². The maximum atomic E-state index is 13.6. The summed E-state index contributed by atoms with van der Waals surface area (Å²) in [4.78, 5) is 13.5. The lowest BCUT2D eigenvalue weighted by molar-refractivity contribution is -0.125. The van der Waals surface area contributed by atoms with Gasteiger partial charge >= 0.3 is 0 Å². The smallest absolute Gasteiger partial charge is 0.246 e. The Labute approximate surface area is 128 Å². The van der Waals surface area contributed by atoms with Crippen molar-refractivity contribution in [3.05, 3.63) is 59.3 Å². The second kappa shape index (κ2) is 6.93. The number of amides is 1. The number of hydrogen-bond donors (Lipinski definition) is 0. The molecule has 1 aromatic heterocycles. The van der Waals surface area contributed by atoms with Gasteiger partial charge in [-0.05, 0) is 42.8 Å². The molecule has 0 saturated carbocycles.